The summed E-state index contributed by atoms with van der Waals surface area (Å²) in [7, 11) is 0. The van der Waals surface area contributed by atoms with Crippen LogP contribution in [0.3, 0.4) is 0 Å². The van der Waals surface area contributed by atoms with Crippen molar-refractivity contribution in [3.63, 3.8) is 0 Å². The number of hydrogen-bond acceptors (Lipinski definition) is 13. The van der Waals surface area contributed by atoms with Crippen LogP contribution >= 0.6 is 0 Å². The average Bonchev–Trinajstić information content (AvgIpc) is 0.794. The molecular weight excluding hydrogens is 1180 g/mol. The van der Waals surface area contributed by atoms with Crippen LogP contribution in [0.25, 0.3) is 0 Å². The van der Waals surface area contributed by atoms with Gasteiger partial charge >= 0.3 is 0 Å². The maximum atomic E-state index is 13.4. The Hall–Kier alpha value is -3.61. The van der Waals surface area contributed by atoms with E-state index >= 15 is 0 Å². The SMILES string of the molecule is CC/C=C\C/C=C\C/C=C\C/C=C\C/C=C\C/C=C\C/C=C\C/C=C\C/C=C\CCCCCCCCCCCCCCCC(=O)NC(COC1OC(CO)C(OC2OC(CO)C(O)C(O)C2O)C(O)C1O)C(O)/C=C/CCCCCCCCCCCCCCCCCCC. The van der Waals surface area contributed by atoms with Crippen LogP contribution in [0.5, 0.6) is 0 Å². The topological polar surface area (TPSA) is 228 Å². The van der Waals surface area contributed by atoms with Crippen LogP contribution in [0.1, 0.15) is 284 Å². The van der Waals surface area contributed by atoms with Crippen LogP contribution in [0.2, 0.25) is 0 Å². The van der Waals surface area contributed by atoms with Crippen molar-refractivity contribution in [1.29, 1.82) is 0 Å². The van der Waals surface area contributed by atoms with E-state index in [1.165, 1.54) is 154 Å². The highest BCUT2D eigenvalue weighted by molar-refractivity contribution is 5.76. The zero-order valence-electron chi connectivity index (χ0n) is 58.9. The smallest absolute Gasteiger partial charge is 0.220 e. The lowest BCUT2D eigenvalue weighted by molar-refractivity contribution is -0.359. The Morgan fingerprint density at radius 3 is 1.13 bits per heavy atom. The summed E-state index contributed by atoms with van der Waals surface area (Å²) in [4.78, 5) is 13.4. The second-order valence-corrected chi connectivity index (χ2v) is 26.0. The summed E-state index contributed by atoms with van der Waals surface area (Å²) in [5.41, 5.74) is 0. The van der Waals surface area contributed by atoms with E-state index in [-0.39, 0.29) is 18.9 Å². The highest BCUT2D eigenvalue weighted by Crippen LogP contribution is 2.30. The van der Waals surface area contributed by atoms with Crippen LogP contribution < -0.4 is 5.32 Å². The van der Waals surface area contributed by atoms with Gasteiger partial charge in [0.15, 0.2) is 12.6 Å². The number of nitrogens with one attached hydrogen (secondary N) is 1. The molecule has 14 nitrogen and oxygen atoms in total. The van der Waals surface area contributed by atoms with Crippen LogP contribution in [-0.4, -0.2) is 140 Å². The van der Waals surface area contributed by atoms with Crippen LogP contribution in [0.15, 0.2) is 122 Å². The van der Waals surface area contributed by atoms with Crippen molar-refractivity contribution >= 4 is 5.91 Å². The van der Waals surface area contributed by atoms with Gasteiger partial charge in [0.1, 0.15) is 48.8 Å². The zero-order chi connectivity index (χ0) is 68.0. The molecule has 1 amide bonds. The van der Waals surface area contributed by atoms with Gasteiger partial charge in [-0.3, -0.25) is 4.79 Å². The number of aliphatic hydroxyl groups excluding tert-OH is 8. The molecule has 0 saturated carbocycles. The molecule has 12 unspecified atom stereocenters. The van der Waals surface area contributed by atoms with Gasteiger partial charge in [-0.25, -0.2) is 0 Å². The number of rotatable bonds is 61. The predicted octanol–water partition coefficient (Wildman–Crippen LogP) is 16.5. The number of aliphatic hydroxyl groups is 8. The van der Waals surface area contributed by atoms with Gasteiger partial charge in [-0.05, 0) is 89.9 Å². The molecule has 0 aromatic heterocycles. The van der Waals surface area contributed by atoms with Crippen LogP contribution in [0.4, 0.5) is 0 Å². The molecule has 2 fully saturated rings. The quantitative estimate of drug-likeness (QED) is 0.0204. The lowest BCUT2D eigenvalue weighted by Crippen LogP contribution is -2.65. The standard InChI is InChI=1S/C80H137NO13/c1-3-5-7-9-11-13-15-17-19-21-23-24-25-26-27-28-29-30-31-32-33-34-35-36-37-38-39-40-41-42-43-44-46-48-50-52-54-56-58-60-62-64-72(85)81-68(69(84)63-61-59-57-55-53-51-49-47-45-22-20-18-16-14-12-10-8-6-4-2)67-91-79-77(90)75(88)78(71(66-83)93-79)94-80-76(89)74(87)73(86)70(65-82)92-80/h5,7,11,13,17,19,23-24,26-27,29-30,32-33,35-36,38-39,61,63,68-71,73-80,82-84,86-90H,3-4,6,8-10,12,14-16,18,20-22,25,28,31,34,37,40-60,62,64-67H2,1-2H3,(H,81,85)/b7-5-,13-11-,19-17-,24-23-,27-26-,30-29-,33-32-,36-35-,39-38-,63-61+. The highest BCUT2D eigenvalue weighted by Gasteiger charge is 2.51. The Morgan fingerprint density at radius 1 is 0.394 bits per heavy atom. The third-order valence-corrected chi connectivity index (χ3v) is 17.7. The third-order valence-electron chi connectivity index (χ3n) is 17.7. The number of hydrogen-bond donors (Lipinski definition) is 9. The predicted molar refractivity (Wildman–Crippen MR) is 387 cm³/mol. The number of carbonyl (C=O) groups excluding carboxylic acids is 1. The Bertz CT molecular complexity index is 2040. The van der Waals surface area contributed by atoms with E-state index in [2.05, 4.69) is 129 Å². The van der Waals surface area contributed by atoms with Gasteiger partial charge in [-0.1, -0.05) is 309 Å². The summed E-state index contributed by atoms with van der Waals surface area (Å²) in [6.45, 7) is 2.70. The van der Waals surface area contributed by atoms with Gasteiger partial charge in [0.05, 0.1) is 32.0 Å². The molecular formula is C80H137NO13. The van der Waals surface area contributed by atoms with E-state index in [9.17, 15) is 45.6 Å². The Balaban J connectivity index is 1.61. The summed E-state index contributed by atoms with van der Waals surface area (Å²) in [5.74, 6) is -0.242. The van der Waals surface area contributed by atoms with E-state index in [0.717, 1.165) is 103 Å². The first kappa shape index (κ1) is 86.5. The first-order valence-electron chi connectivity index (χ1n) is 37.8. The minimum Gasteiger partial charge on any atom is -0.394 e. The molecule has 2 aliphatic heterocycles. The van der Waals surface area contributed by atoms with Crippen molar-refractivity contribution < 1.29 is 64.6 Å². The van der Waals surface area contributed by atoms with Gasteiger partial charge in [0, 0.05) is 6.42 Å². The Morgan fingerprint density at radius 2 is 0.734 bits per heavy atom. The molecule has 0 radical (unpaired) electrons. The molecule has 540 valence electrons. The third kappa shape index (κ3) is 45.8. The fourth-order valence-corrected chi connectivity index (χ4v) is 11.7. The second-order valence-electron chi connectivity index (χ2n) is 26.0. The van der Waals surface area contributed by atoms with E-state index in [4.69, 9.17) is 18.9 Å². The van der Waals surface area contributed by atoms with Crippen molar-refractivity contribution in [2.45, 2.75) is 357 Å². The largest absolute Gasteiger partial charge is 0.394 e. The van der Waals surface area contributed by atoms with Gasteiger partial charge in [0.25, 0.3) is 0 Å². The van der Waals surface area contributed by atoms with Crippen molar-refractivity contribution in [3.05, 3.63) is 122 Å². The normalized spacial score (nSPS) is 23.2. The van der Waals surface area contributed by atoms with Gasteiger partial charge in [-0.2, -0.15) is 0 Å². The summed E-state index contributed by atoms with van der Waals surface area (Å²) in [5, 5.41) is 87.5. The molecule has 0 spiro atoms. The molecule has 0 aromatic carbocycles. The molecule has 2 heterocycles. The van der Waals surface area contributed by atoms with E-state index in [1.807, 2.05) is 6.08 Å². The Labute approximate surface area is 571 Å². The van der Waals surface area contributed by atoms with Gasteiger partial charge in [0.2, 0.25) is 5.91 Å². The van der Waals surface area contributed by atoms with E-state index in [0.29, 0.717) is 6.42 Å². The van der Waals surface area contributed by atoms with Crippen molar-refractivity contribution in [1.82, 2.24) is 5.32 Å². The minimum absolute atomic E-state index is 0.242. The van der Waals surface area contributed by atoms with Crippen LogP contribution in [-0.2, 0) is 23.7 Å². The number of unbranched alkanes of at least 4 members (excludes halogenated alkanes) is 30. The van der Waals surface area contributed by atoms with Crippen molar-refractivity contribution in [3.8, 4) is 0 Å². The number of amides is 1. The first-order valence-corrected chi connectivity index (χ1v) is 37.8. The lowest BCUT2D eigenvalue weighted by atomic mass is 9.97. The molecule has 9 N–H and O–H groups in total. The summed E-state index contributed by atoms with van der Waals surface area (Å²) in [6, 6.07) is -0.923. The Kier molecular flexibility index (Phi) is 57.8. The molecule has 12 atom stereocenters. The monoisotopic (exact) mass is 1320 g/mol. The summed E-state index contributed by atoms with van der Waals surface area (Å²) in [6.07, 6.45) is 75.4. The molecule has 94 heavy (non-hydrogen) atoms. The lowest BCUT2D eigenvalue weighted by Gasteiger charge is -2.46. The fourth-order valence-electron chi connectivity index (χ4n) is 11.7. The van der Waals surface area contributed by atoms with E-state index < -0.39 is 86.8 Å². The first-order chi connectivity index (χ1) is 46.1. The molecule has 0 bridgehead atoms. The molecule has 0 aromatic rings. The number of carbonyl (C=O) groups is 1. The minimum atomic E-state index is -1.79. The molecule has 0 aliphatic carbocycles. The zero-order valence-corrected chi connectivity index (χ0v) is 58.9. The molecule has 2 rings (SSSR count). The highest BCUT2D eigenvalue weighted by atomic mass is 16.7. The van der Waals surface area contributed by atoms with Gasteiger partial charge < -0.3 is 65.1 Å². The van der Waals surface area contributed by atoms with E-state index in [1.54, 1.807) is 6.08 Å². The summed E-state index contributed by atoms with van der Waals surface area (Å²) >= 11 is 0. The second kappa shape index (κ2) is 62.9. The number of ether oxygens (including phenoxy) is 4. The molecule has 2 aliphatic rings. The summed E-state index contributed by atoms with van der Waals surface area (Å²) < 4.78 is 22.9. The molecule has 14 heteroatoms. The number of allylic oxidation sites excluding steroid dienone is 19. The maximum absolute atomic E-state index is 13.4. The maximum Gasteiger partial charge on any atom is 0.220 e. The molecule has 2 saturated heterocycles. The van der Waals surface area contributed by atoms with Gasteiger partial charge in [-0.15, -0.1) is 0 Å². The average molecular weight is 1320 g/mol. The fraction of sp³-hybridized carbons (Fsp3) is 0.738. The van der Waals surface area contributed by atoms with Crippen molar-refractivity contribution in [2.75, 3.05) is 19.8 Å². The van der Waals surface area contributed by atoms with Crippen molar-refractivity contribution in [2.24, 2.45) is 0 Å². The van der Waals surface area contributed by atoms with Crippen LogP contribution in [0, 0.1) is 0 Å².